The molecule has 3 rings (SSSR count). The number of hydrogen-bond donors (Lipinski definition) is 0. The molecule has 0 spiro atoms. The van der Waals surface area contributed by atoms with E-state index in [4.69, 9.17) is 0 Å². The van der Waals surface area contributed by atoms with E-state index in [0.29, 0.717) is 35.5 Å². The molecule has 1 nitrogen and oxygen atoms in total. The van der Waals surface area contributed by atoms with Crippen molar-refractivity contribution in [3.05, 3.63) is 59.9 Å². The molecular formula is C29H47NS3. The van der Waals surface area contributed by atoms with Gasteiger partial charge in [-0.25, -0.2) is 4.98 Å². The standard InChI is InChI=1S/2C10H16S.C9H15NS/c1-7(2)9-5-10(8(3)4)11-6-9;1-7(2)9-5-6-10(11-9)8(3)4;1-6(2)8-5-10-9(11-8)7(3)4/h2*5-8H,1-4H3;5-7H,1-4H3. The average molecular weight is 506 g/mol. The molecule has 33 heavy (non-hydrogen) atoms. The maximum atomic E-state index is 4.36. The highest BCUT2D eigenvalue weighted by atomic mass is 32.1. The van der Waals surface area contributed by atoms with E-state index in [1.165, 1.54) is 30.1 Å². The number of hydrogen-bond acceptors (Lipinski definition) is 4. The third-order valence-corrected chi connectivity index (χ3v) is 9.80. The summed E-state index contributed by atoms with van der Waals surface area (Å²) in [6.45, 7) is 26.7. The molecule has 0 aliphatic heterocycles. The summed E-state index contributed by atoms with van der Waals surface area (Å²) in [6, 6.07) is 6.84. The Morgan fingerprint density at radius 2 is 1.03 bits per heavy atom. The molecule has 0 atom stereocenters. The minimum Gasteiger partial charge on any atom is -0.249 e. The molecule has 0 radical (unpaired) electrons. The van der Waals surface area contributed by atoms with Gasteiger partial charge in [0.05, 0.1) is 5.01 Å². The molecule has 0 amide bonds. The molecule has 0 fully saturated rings. The van der Waals surface area contributed by atoms with Gasteiger partial charge < -0.3 is 0 Å². The van der Waals surface area contributed by atoms with Gasteiger partial charge in [-0.05, 0) is 58.7 Å². The lowest BCUT2D eigenvalue weighted by Crippen LogP contribution is -1.83. The van der Waals surface area contributed by atoms with Gasteiger partial charge in [0.2, 0.25) is 0 Å². The van der Waals surface area contributed by atoms with E-state index in [1.54, 1.807) is 0 Å². The second-order valence-electron chi connectivity index (χ2n) is 10.6. The Balaban J connectivity index is 0.000000247. The predicted molar refractivity (Wildman–Crippen MR) is 155 cm³/mol. The molecule has 0 bridgehead atoms. The van der Waals surface area contributed by atoms with Crippen molar-refractivity contribution in [1.82, 2.24) is 4.98 Å². The van der Waals surface area contributed by atoms with Crippen LogP contribution in [0.2, 0.25) is 0 Å². The summed E-state index contributed by atoms with van der Waals surface area (Å²) in [7, 11) is 0. The molecule has 0 unspecified atom stereocenters. The number of rotatable bonds is 6. The lowest BCUT2D eigenvalue weighted by atomic mass is 10.1. The topological polar surface area (TPSA) is 12.9 Å². The third kappa shape index (κ3) is 10.4. The normalized spacial score (nSPS) is 11.5. The van der Waals surface area contributed by atoms with E-state index in [9.17, 15) is 0 Å². The van der Waals surface area contributed by atoms with Crippen molar-refractivity contribution in [1.29, 1.82) is 0 Å². The van der Waals surface area contributed by atoms with Crippen molar-refractivity contribution in [2.24, 2.45) is 0 Å². The molecule has 0 aliphatic carbocycles. The van der Waals surface area contributed by atoms with Gasteiger partial charge in [0.15, 0.2) is 0 Å². The van der Waals surface area contributed by atoms with E-state index in [1.807, 2.05) is 40.2 Å². The van der Waals surface area contributed by atoms with Gasteiger partial charge in [-0.1, -0.05) is 83.1 Å². The van der Waals surface area contributed by atoms with Gasteiger partial charge in [-0.2, -0.15) is 0 Å². The highest BCUT2D eigenvalue weighted by molar-refractivity contribution is 7.12. The zero-order valence-corrected chi connectivity index (χ0v) is 25.5. The van der Waals surface area contributed by atoms with Crippen LogP contribution in [0.25, 0.3) is 0 Å². The molecule has 3 aromatic rings. The smallest absolute Gasteiger partial charge is 0.0953 e. The largest absolute Gasteiger partial charge is 0.249 e. The zero-order valence-electron chi connectivity index (χ0n) is 23.0. The Morgan fingerprint density at radius 1 is 0.545 bits per heavy atom. The van der Waals surface area contributed by atoms with Crippen molar-refractivity contribution >= 4 is 34.0 Å². The Bertz CT molecular complexity index is 720. The lowest BCUT2D eigenvalue weighted by molar-refractivity contribution is 0.850. The van der Waals surface area contributed by atoms with Gasteiger partial charge >= 0.3 is 0 Å². The molecule has 0 aromatic carbocycles. The van der Waals surface area contributed by atoms with E-state index >= 15 is 0 Å². The summed E-state index contributed by atoms with van der Waals surface area (Å²) in [4.78, 5) is 10.3. The Hall–Kier alpha value is -0.970. The van der Waals surface area contributed by atoms with Crippen molar-refractivity contribution in [2.75, 3.05) is 0 Å². The van der Waals surface area contributed by atoms with Crippen LogP contribution in [-0.2, 0) is 0 Å². The van der Waals surface area contributed by atoms with E-state index < -0.39 is 0 Å². The summed E-state index contributed by atoms with van der Waals surface area (Å²) in [5.41, 5.74) is 1.48. The van der Waals surface area contributed by atoms with Crippen LogP contribution in [0.4, 0.5) is 0 Å². The van der Waals surface area contributed by atoms with Crippen molar-refractivity contribution in [3.8, 4) is 0 Å². The van der Waals surface area contributed by atoms with Gasteiger partial charge in [0, 0.05) is 31.6 Å². The van der Waals surface area contributed by atoms with E-state index in [-0.39, 0.29) is 0 Å². The van der Waals surface area contributed by atoms with Crippen LogP contribution in [-0.4, -0.2) is 4.98 Å². The van der Waals surface area contributed by atoms with Crippen LogP contribution in [0.1, 0.15) is 149 Å². The van der Waals surface area contributed by atoms with Gasteiger partial charge in [-0.15, -0.1) is 34.0 Å². The summed E-state index contributed by atoms with van der Waals surface area (Å²) in [5, 5.41) is 3.54. The molecule has 3 aromatic heterocycles. The van der Waals surface area contributed by atoms with E-state index in [2.05, 4.69) is 112 Å². The van der Waals surface area contributed by atoms with Crippen molar-refractivity contribution in [2.45, 2.75) is 119 Å². The first-order valence-corrected chi connectivity index (χ1v) is 15.0. The second kappa shape index (κ2) is 14.4. The zero-order chi connectivity index (χ0) is 25.3. The molecule has 4 heteroatoms. The Morgan fingerprint density at radius 3 is 1.27 bits per heavy atom. The molecule has 186 valence electrons. The van der Waals surface area contributed by atoms with Gasteiger partial charge in [0.25, 0.3) is 0 Å². The first-order valence-electron chi connectivity index (χ1n) is 12.5. The molecule has 0 aliphatic rings. The number of thiazole rings is 1. The lowest BCUT2D eigenvalue weighted by Gasteiger charge is -2.00. The summed E-state index contributed by atoms with van der Waals surface area (Å²) in [6.07, 6.45) is 2.00. The summed E-state index contributed by atoms with van der Waals surface area (Å²) < 4.78 is 0. The maximum absolute atomic E-state index is 4.36. The Labute approximate surface area is 216 Å². The maximum Gasteiger partial charge on any atom is 0.0953 e. The first kappa shape index (κ1) is 30.1. The SMILES string of the molecule is CC(C)c1ccc(C(C)C)s1.CC(C)c1cnc(C(C)C)s1.CC(C)c1csc(C(C)C)c1. The van der Waals surface area contributed by atoms with Gasteiger partial charge in [-0.3, -0.25) is 0 Å². The minimum absolute atomic E-state index is 0.576. The van der Waals surface area contributed by atoms with E-state index in [0.717, 1.165) is 0 Å². The highest BCUT2D eigenvalue weighted by Crippen LogP contribution is 2.29. The average Bonchev–Trinajstić information content (AvgIpc) is 3.49. The quantitative estimate of drug-likeness (QED) is 0.324. The fourth-order valence-electron chi connectivity index (χ4n) is 2.80. The number of thiophene rings is 2. The fourth-order valence-corrected chi connectivity index (χ4v) is 5.83. The highest BCUT2D eigenvalue weighted by Gasteiger charge is 2.08. The van der Waals surface area contributed by atoms with Crippen LogP contribution >= 0.6 is 34.0 Å². The monoisotopic (exact) mass is 505 g/mol. The van der Waals surface area contributed by atoms with Crippen molar-refractivity contribution in [3.63, 3.8) is 0 Å². The van der Waals surface area contributed by atoms with Gasteiger partial charge in [0.1, 0.15) is 0 Å². The van der Waals surface area contributed by atoms with Crippen LogP contribution in [0, 0.1) is 0 Å². The fraction of sp³-hybridized carbons (Fsp3) is 0.621. The first-order chi connectivity index (χ1) is 15.3. The molecule has 0 N–H and O–H groups in total. The number of aromatic nitrogens is 1. The minimum atomic E-state index is 0.576. The Kier molecular flexibility index (Phi) is 13.1. The van der Waals surface area contributed by atoms with Crippen LogP contribution in [0.3, 0.4) is 0 Å². The second-order valence-corrected chi connectivity index (χ2v) is 13.7. The molecular weight excluding hydrogens is 459 g/mol. The molecule has 0 saturated heterocycles. The van der Waals surface area contributed by atoms with Crippen LogP contribution < -0.4 is 0 Å². The predicted octanol–water partition coefficient (Wildman–Crippen LogP) is 11.4. The van der Waals surface area contributed by atoms with Crippen molar-refractivity contribution < 1.29 is 0 Å². The molecule has 0 saturated carbocycles. The third-order valence-electron chi connectivity index (χ3n) is 5.27. The summed E-state index contributed by atoms with van der Waals surface area (Å²) in [5.74, 6) is 3.94. The van der Waals surface area contributed by atoms with Crippen LogP contribution in [0.5, 0.6) is 0 Å². The summed E-state index contributed by atoms with van der Waals surface area (Å²) >= 11 is 5.67. The molecule has 3 heterocycles. The number of nitrogens with zero attached hydrogens (tertiary/aromatic N) is 1. The van der Waals surface area contributed by atoms with Crippen LogP contribution in [0.15, 0.2) is 29.8 Å².